The number of ether oxygens (including phenoxy) is 3. The van der Waals surface area contributed by atoms with Crippen LogP contribution in [0.5, 0.6) is 6.01 Å². The van der Waals surface area contributed by atoms with Crippen molar-refractivity contribution >= 4 is 11.9 Å². The minimum absolute atomic E-state index is 0.0480. The maximum Gasteiger partial charge on any atom is 0.412 e. The lowest BCUT2D eigenvalue weighted by Gasteiger charge is -2.08. The topological polar surface area (TPSA) is 82.6 Å². The molecule has 2 aromatic rings. The minimum atomic E-state index is -0.839. The van der Waals surface area contributed by atoms with Crippen LogP contribution in [0.3, 0.4) is 0 Å². The first-order valence-corrected chi connectivity index (χ1v) is 6.81. The van der Waals surface area contributed by atoms with Crippen molar-refractivity contribution in [3.05, 3.63) is 47.9 Å². The van der Waals surface area contributed by atoms with Crippen molar-refractivity contribution in [2.75, 3.05) is 25.6 Å². The first-order valence-electron chi connectivity index (χ1n) is 6.81. The second-order valence-electron chi connectivity index (χ2n) is 4.38. The molecule has 0 aliphatic heterocycles. The van der Waals surface area contributed by atoms with Crippen LogP contribution in [0.1, 0.15) is 5.56 Å². The van der Waals surface area contributed by atoms with Crippen LogP contribution in [0.25, 0.3) is 0 Å². The fourth-order valence-corrected chi connectivity index (χ4v) is 1.58. The molecule has 2 rings (SSSR count). The number of carbonyl (C=O) groups excluding carboxylic acids is 1. The van der Waals surface area contributed by atoms with Gasteiger partial charge in [0.1, 0.15) is 13.2 Å². The second kappa shape index (κ2) is 8.64. The van der Waals surface area contributed by atoms with Gasteiger partial charge in [-0.25, -0.2) is 14.2 Å². The molecule has 7 nitrogen and oxygen atoms in total. The van der Waals surface area contributed by atoms with Gasteiger partial charge in [0.15, 0.2) is 11.6 Å². The number of benzene rings is 1. The molecular formula is C15H16FN3O4. The van der Waals surface area contributed by atoms with Gasteiger partial charge in [0.05, 0.1) is 12.8 Å². The third-order valence-electron chi connectivity index (χ3n) is 2.67. The Kier molecular flexibility index (Phi) is 6.25. The van der Waals surface area contributed by atoms with Crippen molar-refractivity contribution in [3.8, 4) is 6.01 Å². The summed E-state index contributed by atoms with van der Waals surface area (Å²) in [6.07, 6.45) is 0.0756. The maximum absolute atomic E-state index is 13.6. The van der Waals surface area contributed by atoms with Crippen LogP contribution in [0, 0.1) is 5.82 Å². The molecule has 0 unspecified atom stereocenters. The minimum Gasteiger partial charge on any atom is -0.459 e. The Labute approximate surface area is 132 Å². The van der Waals surface area contributed by atoms with E-state index in [1.54, 1.807) is 0 Å². The molecule has 1 amide bonds. The predicted molar refractivity (Wildman–Crippen MR) is 79.6 cm³/mol. The second-order valence-corrected chi connectivity index (χ2v) is 4.38. The smallest absolute Gasteiger partial charge is 0.412 e. The number of hydrogen-bond donors (Lipinski definition) is 1. The van der Waals surface area contributed by atoms with Gasteiger partial charge in [-0.15, -0.1) is 0 Å². The standard InChI is InChI=1S/C15H16FN3O4/c1-21-7-8-22-15(20)19-13-12(16)9-17-14(18-13)23-10-11-5-3-2-4-6-11/h2-6,9H,7-8,10H2,1H3,(H,17,18,19,20). The zero-order valence-electron chi connectivity index (χ0n) is 12.5. The summed E-state index contributed by atoms with van der Waals surface area (Å²) in [7, 11) is 1.47. The van der Waals surface area contributed by atoms with Crippen molar-refractivity contribution in [1.82, 2.24) is 9.97 Å². The fourth-order valence-electron chi connectivity index (χ4n) is 1.58. The molecule has 122 valence electrons. The Morgan fingerprint density at radius 3 is 2.78 bits per heavy atom. The van der Waals surface area contributed by atoms with E-state index in [9.17, 15) is 9.18 Å². The van der Waals surface area contributed by atoms with Crippen LogP contribution in [0.2, 0.25) is 0 Å². The van der Waals surface area contributed by atoms with Crippen LogP contribution in [0.4, 0.5) is 15.0 Å². The van der Waals surface area contributed by atoms with Gasteiger partial charge >= 0.3 is 12.1 Å². The summed E-state index contributed by atoms with van der Waals surface area (Å²) < 4.78 is 28.5. The number of methoxy groups -OCH3 is 1. The molecule has 1 heterocycles. The van der Waals surface area contributed by atoms with Gasteiger partial charge in [0.2, 0.25) is 0 Å². The summed E-state index contributed by atoms with van der Waals surface area (Å²) in [6.45, 7) is 0.516. The number of nitrogens with zero attached hydrogens (tertiary/aromatic N) is 2. The number of amides is 1. The van der Waals surface area contributed by atoms with Gasteiger partial charge in [-0.3, -0.25) is 5.32 Å². The number of nitrogens with one attached hydrogen (secondary N) is 1. The van der Waals surface area contributed by atoms with Crippen LogP contribution < -0.4 is 10.1 Å². The molecule has 8 heteroatoms. The molecule has 0 bridgehead atoms. The van der Waals surface area contributed by atoms with Gasteiger partial charge in [0, 0.05) is 7.11 Å². The molecule has 0 saturated heterocycles. The highest BCUT2D eigenvalue weighted by atomic mass is 19.1. The molecule has 1 N–H and O–H groups in total. The lowest BCUT2D eigenvalue weighted by molar-refractivity contribution is 0.107. The monoisotopic (exact) mass is 321 g/mol. The van der Waals surface area contributed by atoms with Gasteiger partial charge in [-0.1, -0.05) is 30.3 Å². The molecule has 0 aliphatic rings. The molecule has 1 aromatic carbocycles. The van der Waals surface area contributed by atoms with E-state index >= 15 is 0 Å². The van der Waals surface area contributed by atoms with Crippen molar-refractivity contribution in [3.63, 3.8) is 0 Å². The predicted octanol–water partition coefficient (Wildman–Crippen LogP) is 2.39. The van der Waals surface area contributed by atoms with Crippen LogP contribution >= 0.6 is 0 Å². The lowest BCUT2D eigenvalue weighted by Crippen LogP contribution is -2.18. The van der Waals surface area contributed by atoms with E-state index in [1.165, 1.54) is 7.11 Å². The normalized spacial score (nSPS) is 10.2. The summed E-state index contributed by atoms with van der Waals surface area (Å²) >= 11 is 0. The average Bonchev–Trinajstić information content (AvgIpc) is 2.57. The quantitative estimate of drug-likeness (QED) is 0.789. The van der Waals surface area contributed by atoms with E-state index in [0.29, 0.717) is 0 Å². The largest absolute Gasteiger partial charge is 0.459 e. The van der Waals surface area contributed by atoms with Crippen molar-refractivity contribution < 1.29 is 23.4 Å². The third kappa shape index (κ3) is 5.51. The Balaban J connectivity index is 1.94. The maximum atomic E-state index is 13.6. The van der Waals surface area contributed by atoms with E-state index in [1.807, 2.05) is 30.3 Å². The highest BCUT2D eigenvalue weighted by Gasteiger charge is 2.12. The molecule has 0 aliphatic carbocycles. The number of hydrogen-bond acceptors (Lipinski definition) is 6. The fraction of sp³-hybridized carbons (Fsp3) is 0.267. The Morgan fingerprint density at radius 1 is 1.26 bits per heavy atom. The van der Waals surface area contributed by atoms with Gasteiger partial charge in [-0.05, 0) is 5.56 Å². The molecule has 0 fully saturated rings. The van der Waals surface area contributed by atoms with E-state index in [0.717, 1.165) is 11.8 Å². The summed E-state index contributed by atoms with van der Waals surface area (Å²) in [5.74, 6) is -1.11. The molecule has 0 radical (unpaired) electrons. The number of anilines is 1. The molecule has 0 atom stereocenters. The molecule has 1 aromatic heterocycles. The first kappa shape index (κ1) is 16.6. The number of aromatic nitrogens is 2. The average molecular weight is 321 g/mol. The van der Waals surface area contributed by atoms with E-state index < -0.39 is 11.9 Å². The number of carbonyl (C=O) groups is 1. The summed E-state index contributed by atoms with van der Waals surface area (Å²) in [4.78, 5) is 19.0. The van der Waals surface area contributed by atoms with Crippen molar-refractivity contribution in [2.45, 2.75) is 6.61 Å². The Morgan fingerprint density at radius 2 is 2.04 bits per heavy atom. The Hall–Kier alpha value is -2.74. The van der Waals surface area contributed by atoms with E-state index in [-0.39, 0.29) is 31.6 Å². The zero-order chi connectivity index (χ0) is 16.5. The highest BCUT2D eigenvalue weighted by molar-refractivity contribution is 5.83. The SMILES string of the molecule is COCCOC(=O)Nc1nc(OCc2ccccc2)ncc1F. The van der Waals surface area contributed by atoms with Gasteiger partial charge in [0.25, 0.3) is 0 Å². The lowest BCUT2D eigenvalue weighted by atomic mass is 10.2. The molecular weight excluding hydrogens is 305 g/mol. The Bertz CT molecular complexity index is 640. The summed E-state index contributed by atoms with van der Waals surface area (Å²) in [5.41, 5.74) is 0.911. The highest BCUT2D eigenvalue weighted by Crippen LogP contribution is 2.14. The number of halogens is 1. The third-order valence-corrected chi connectivity index (χ3v) is 2.67. The molecule has 23 heavy (non-hydrogen) atoms. The van der Waals surface area contributed by atoms with Crippen LogP contribution in [-0.2, 0) is 16.1 Å². The summed E-state index contributed by atoms with van der Waals surface area (Å²) in [6, 6.07) is 9.31. The van der Waals surface area contributed by atoms with Gasteiger partial charge in [-0.2, -0.15) is 4.98 Å². The molecule has 0 spiro atoms. The van der Waals surface area contributed by atoms with Gasteiger partial charge < -0.3 is 14.2 Å². The van der Waals surface area contributed by atoms with E-state index in [4.69, 9.17) is 14.2 Å². The van der Waals surface area contributed by atoms with E-state index in [2.05, 4.69) is 15.3 Å². The van der Waals surface area contributed by atoms with Crippen LogP contribution in [0.15, 0.2) is 36.5 Å². The zero-order valence-corrected chi connectivity index (χ0v) is 12.5. The first-order chi connectivity index (χ1) is 11.2. The van der Waals surface area contributed by atoms with Crippen molar-refractivity contribution in [1.29, 1.82) is 0 Å². The van der Waals surface area contributed by atoms with Crippen LogP contribution in [-0.4, -0.2) is 36.4 Å². The molecule has 0 saturated carbocycles. The number of rotatable bonds is 7. The van der Waals surface area contributed by atoms with Crippen molar-refractivity contribution in [2.24, 2.45) is 0 Å². The summed E-state index contributed by atoms with van der Waals surface area (Å²) in [5, 5.41) is 2.18.